The van der Waals surface area contributed by atoms with Crippen LogP contribution < -0.4 is 5.32 Å². The van der Waals surface area contributed by atoms with Gasteiger partial charge in [0.05, 0.1) is 0 Å². The topological polar surface area (TPSA) is 49.4 Å². The Bertz CT molecular complexity index is 395. The van der Waals surface area contributed by atoms with Gasteiger partial charge >= 0.3 is 0 Å². The van der Waals surface area contributed by atoms with Crippen molar-refractivity contribution in [2.45, 2.75) is 88.8 Å². The number of rotatable bonds is 1. The molecular weight excluding hydrogens is 252 g/mol. The molecule has 3 fully saturated rings. The number of nitrogens with one attached hydrogen (secondary N) is 1. The van der Waals surface area contributed by atoms with Crippen LogP contribution in [0.1, 0.15) is 71.1 Å². The first-order chi connectivity index (χ1) is 9.62. The van der Waals surface area contributed by atoms with E-state index in [1.165, 1.54) is 19.3 Å². The molecule has 1 aliphatic heterocycles. The summed E-state index contributed by atoms with van der Waals surface area (Å²) in [6.07, 6.45) is 10.2. The fourth-order valence-corrected chi connectivity index (χ4v) is 4.39. The molecule has 4 nitrogen and oxygen atoms in total. The molecule has 1 saturated heterocycles. The zero-order valence-electron chi connectivity index (χ0n) is 12.5. The lowest BCUT2D eigenvalue weighted by Gasteiger charge is -2.41. The van der Waals surface area contributed by atoms with Crippen LogP contribution in [0.2, 0.25) is 0 Å². The lowest BCUT2D eigenvalue weighted by atomic mass is 9.90. The van der Waals surface area contributed by atoms with Crippen molar-refractivity contribution in [3.05, 3.63) is 0 Å². The van der Waals surface area contributed by atoms with E-state index in [0.29, 0.717) is 12.5 Å². The summed E-state index contributed by atoms with van der Waals surface area (Å²) in [6, 6.07) is 0.405. The Hall–Kier alpha value is -1.06. The molecule has 0 bridgehead atoms. The van der Waals surface area contributed by atoms with Crippen LogP contribution in [-0.2, 0) is 9.59 Å². The summed E-state index contributed by atoms with van der Waals surface area (Å²) >= 11 is 0. The Morgan fingerprint density at radius 2 is 1.70 bits per heavy atom. The molecule has 2 amide bonds. The molecule has 0 radical (unpaired) electrons. The van der Waals surface area contributed by atoms with Crippen molar-refractivity contribution in [3.63, 3.8) is 0 Å². The molecule has 4 heteroatoms. The summed E-state index contributed by atoms with van der Waals surface area (Å²) in [5.74, 6) is 0.270. The number of carbonyl (C=O) groups is 2. The van der Waals surface area contributed by atoms with E-state index in [1.807, 2.05) is 6.92 Å². The van der Waals surface area contributed by atoms with Crippen molar-refractivity contribution in [2.75, 3.05) is 0 Å². The van der Waals surface area contributed by atoms with Crippen molar-refractivity contribution in [2.24, 2.45) is 0 Å². The molecule has 1 N–H and O–H groups in total. The largest absolute Gasteiger partial charge is 0.342 e. The van der Waals surface area contributed by atoms with E-state index in [4.69, 9.17) is 0 Å². The van der Waals surface area contributed by atoms with Gasteiger partial charge in [0, 0.05) is 18.5 Å². The highest BCUT2D eigenvalue weighted by Crippen LogP contribution is 2.36. The standard InChI is InChI=1S/C16H26N2O2/c1-12-11-14(19)17-16(9-5-6-10-16)15(20)18(12)13-7-3-2-4-8-13/h12-13H,2-11H2,1H3,(H,17,19). The third-order valence-electron chi connectivity index (χ3n) is 5.40. The minimum Gasteiger partial charge on any atom is -0.342 e. The molecule has 112 valence electrons. The van der Waals surface area contributed by atoms with Crippen LogP contribution in [0.5, 0.6) is 0 Å². The van der Waals surface area contributed by atoms with Crippen molar-refractivity contribution in [1.29, 1.82) is 0 Å². The van der Waals surface area contributed by atoms with E-state index < -0.39 is 5.54 Å². The number of hydrogen-bond donors (Lipinski definition) is 1. The molecule has 20 heavy (non-hydrogen) atoms. The summed E-state index contributed by atoms with van der Waals surface area (Å²) < 4.78 is 0. The van der Waals surface area contributed by atoms with E-state index in [0.717, 1.165) is 38.5 Å². The van der Waals surface area contributed by atoms with Gasteiger partial charge in [0.25, 0.3) is 0 Å². The molecule has 1 unspecified atom stereocenters. The minimum absolute atomic E-state index is 0.0468. The number of amides is 2. The van der Waals surface area contributed by atoms with Gasteiger partial charge in [-0.1, -0.05) is 32.1 Å². The molecule has 0 aromatic rings. The smallest absolute Gasteiger partial charge is 0.248 e. The highest BCUT2D eigenvalue weighted by Gasteiger charge is 2.49. The monoisotopic (exact) mass is 278 g/mol. The zero-order valence-corrected chi connectivity index (χ0v) is 12.5. The second-order valence-corrected chi connectivity index (χ2v) is 6.89. The lowest BCUT2D eigenvalue weighted by molar-refractivity contribution is -0.143. The van der Waals surface area contributed by atoms with E-state index in [9.17, 15) is 9.59 Å². The summed E-state index contributed by atoms with van der Waals surface area (Å²) in [5.41, 5.74) is -0.570. The maximum Gasteiger partial charge on any atom is 0.248 e. The van der Waals surface area contributed by atoms with Crippen LogP contribution in [-0.4, -0.2) is 34.3 Å². The molecule has 2 saturated carbocycles. The molecule has 2 aliphatic carbocycles. The first-order valence-electron chi connectivity index (χ1n) is 8.26. The van der Waals surface area contributed by atoms with Crippen LogP contribution in [0.4, 0.5) is 0 Å². The molecule has 3 rings (SSSR count). The van der Waals surface area contributed by atoms with Crippen LogP contribution >= 0.6 is 0 Å². The molecular formula is C16H26N2O2. The maximum absolute atomic E-state index is 13.1. The number of nitrogens with zero attached hydrogens (tertiary/aromatic N) is 1. The van der Waals surface area contributed by atoms with Crippen LogP contribution in [0.25, 0.3) is 0 Å². The van der Waals surface area contributed by atoms with Crippen LogP contribution in [0.15, 0.2) is 0 Å². The second kappa shape index (κ2) is 5.38. The Balaban J connectivity index is 1.89. The fraction of sp³-hybridized carbons (Fsp3) is 0.875. The highest BCUT2D eigenvalue weighted by molar-refractivity contribution is 5.94. The number of carbonyl (C=O) groups excluding carboxylic acids is 2. The van der Waals surface area contributed by atoms with Gasteiger partial charge in [-0.25, -0.2) is 0 Å². The van der Waals surface area contributed by atoms with Crippen molar-refractivity contribution >= 4 is 11.8 Å². The van der Waals surface area contributed by atoms with Gasteiger partial charge in [0.1, 0.15) is 5.54 Å². The predicted octanol–water partition coefficient (Wildman–Crippen LogP) is 2.37. The Morgan fingerprint density at radius 3 is 2.35 bits per heavy atom. The van der Waals surface area contributed by atoms with E-state index in [-0.39, 0.29) is 17.9 Å². The molecule has 1 heterocycles. The quantitative estimate of drug-likeness (QED) is 0.800. The summed E-state index contributed by atoms with van der Waals surface area (Å²) in [4.78, 5) is 27.4. The van der Waals surface area contributed by atoms with Gasteiger partial charge in [-0.2, -0.15) is 0 Å². The van der Waals surface area contributed by atoms with Gasteiger partial charge in [-0.3, -0.25) is 9.59 Å². The molecule has 0 aromatic carbocycles. The number of hydrogen-bond acceptors (Lipinski definition) is 2. The van der Waals surface area contributed by atoms with Crippen LogP contribution in [0.3, 0.4) is 0 Å². The summed E-state index contributed by atoms with van der Waals surface area (Å²) in [7, 11) is 0. The normalized spacial score (nSPS) is 31.4. The van der Waals surface area contributed by atoms with Crippen molar-refractivity contribution in [3.8, 4) is 0 Å². The first kappa shape index (κ1) is 13.9. The highest BCUT2D eigenvalue weighted by atomic mass is 16.2. The average molecular weight is 278 g/mol. The molecule has 1 spiro atoms. The zero-order chi connectivity index (χ0) is 14.2. The predicted molar refractivity (Wildman–Crippen MR) is 77.1 cm³/mol. The van der Waals surface area contributed by atoms with Gasteiger partial charge in [-0.05, 0) is 32.6 Å². The SMILES string of the molecule is CC1CC(=O)NC2(CCCC2)C(=O)N1C1CCCCC1. The van der Waals surface area contributed by atoms with E-state index in [1.54, 1.807) is 0 Å². The Labute approximate surface area is 121 Å². The van der Waals surface area contributed by atoms with Gasteiger partial charge in [0.15, 0.2) is 0 Å². The van der Waals surface area contributed by atoms with Crippen LogP contribution in [0, 0.1) is 0 Å². The molecule has 3 aliphatic rings. The summed E-state index contributed by atoms with van der Waals surface area (Å²) in [6.45, 7) is 2.04. The Morgan fingerprint density at radius 1 is 1.05 bits per heavy atom. The van der Waals surface area contributed by atoms with Gasteiger partial charge < -0.3 is 10.2 Å². The van der Waals surface area contributed by atoms with E-state index in [2.05, 4.69) is 10.2 Å². The average Bonchev–Trinajstić information content (AvgIpc) is 2.86. The third kappa shape index (κ3) is 2.33. The third-order valence-corrected chi connectivity index (χ3v) is 5.40. The maximum atomic E-state index is 13.1. The fourth-order valence-electron chi connectivity index (χ4n) is 4.39. The molecule has 0 aromatic heterocycles. The Kier molecular flexibility index (Phi) is 3.74. The lowest BCUT2D eigenvalue weighted by Crippen LogP contribution is -2.58. The first-order valence-corrected chi connectivity index (χ1v) is 8.26. The molecule has 1 atom stereocenters. The van der Waals surface area contributed by atoms with Crippen molar-refractivity contribution < 1.29 is 9.59 Å². The summed E-state index contributed by atoms with van der Waals surface area (Å²) in [5, 5.41) is 3.07. The minimum atomic E-state index is -0.570. The second-order valence-electron chi connectivity index (χ2n) is 6.89. The van der Waals surface area contributed by atoms with Gasteiger partial charge in [-0.15, -0.1) is 0 Å². The van der Waals surface area contributed by atoms with Gasteiger partial charge in [0.2, 0.25) is 11.8 Å². The van der Waals surface area contributed by atoms with Crippen molar-refractivity contribution in [1.82, 2.24) is 10.2 Å². The van der Waals surface area contributed by atoms with E-state index >= 15 is 0 Å².